The molecule has 0 saturated carbocycles. The molecule has 0 aromatic heterocycles. The highest BCUT2D eigenvalue weighted by atomic mass is 31.2. The minimum Gasteiger partial charge on any atom is -0.432 e. The molecule has 0 aliphatic rings. The molecule has 2 atom stereocenters. The van der Waals surface area contributed by atoms with E-state index in [-0.39, 0.29) is 18.6 Å². The number of hydrogen-bond donors (Lipinski definition) is 1. The van der Waals surface area contributed by atoms with E-state index in [1.54, 1.807) is 6.92 Å². The van der Waals surface area contributed by atoms with E-state index in [0.29, 0.717) is 6.42 Å². The van der Waals surface area contributed by atoms with E-state index >= 15 is 0 Å². The molecule has 0 aromatic carbocycles. The zero-order valence-electron chi connectivity index (χ0n) is 11.0. The van der Waals surface area contributed by atoms with Gasteiger partial charge in [0, 0.05) is 12.0 Å². The predicted molar refractivity (Wildman–Crippen MR) is 66.8 cm³/mol. The maximum Gasteiger partial charge on any atom is 0.475 e. The molecule has 0 fully saturated rings. The van der Waals surface area contributed by atoms with Crippen molar-refractivity contribution in [1.82, 2.24) is 0 Å². The van der Waals surface area contributed by atoms with Crippen molar-refractivity contribution in [2.24, 2.45) is 0 Å². The normalized spacial score (nSPS) is 15.8. The fraction of sp³-hybridized carbons (Fsp3) is 0.727. The van der Waals surface area contributed by atoms with Gasteiger partial charge in [0.15, 0.2) is 0 Å². The number of hydrogen-bond acceptors (Lipinski definition) is 5. The fourth-order valence-electron chi connectivity index (χ4n) is 0.903. The minimum atomic E-state index is -4.19. The van der Waals surface area contributed by atoms with E-state index in [2.05, 4.69) is 6.58 Å². The Kier molecular flexibility index (Phi) is 8.11. The first kappa shape index (κ1) is 17.3. The zero-order chi connectivity index (χ0) is 14.2. The summed E-state index contributed by atoms with van der Waals surface area (Å²) < 4.78 is 25.8. The summed E-state index contributed by atoms with van der Waals surface area (Å²) in [6.45, 7) is 8.59. The topological polar surface area (TPSA) is 82.1 Å². The number of esters is 1. The lowest BCUT2D eigenvalue weighted by molar-refractivity contribution is -0.161. The molecule has 0 radical (unpaired) electrons. The number of carbonyl (C=O) groups is 1. The van der Waals surface area contributed by atoms with Gasteiger partial charge in [0.2, 0.25) is 6.29 Å². The van der Waals surface area contributed by atoms with E-state index in [1.165, 1.54) is 6.92 Å². The first-order chi connectivity index (χ1) is 8.32. The van der Waals surface area contributed by atoms with Crippen molar-refractivity contribution in [2.75, 3.05) is 6.61 Å². The van der Waals surface area contributed by atoms with Crippen LogP contribution in [0.5, 0.6) is 0 Å². The second-order valence-corrected chi connectivity index (χ2v) is 5.19. The summed E-state index contributed by atoms with van der Waals surface area (Å²) in [5.74, 6) is -0.671. The van der Waals surface area contributed by atoms with Crippen molar-refractivity contribution in [2.45, 2.75) is 46.3 Å². The molecule has 106 valence electrons. The Bertz CT molecular complexity index is 327. The molecule has 0 aliphatic carbocycles. The molecule has 0 aliphatic heterocycles. The highest BCUT2D eigenvalue weighted by Gasteiger charge is 2.27. The summed E-state index contributed by atoms with van der Waals surface area (Å²) in [7, 11) is -4.19. The number of phosphoric ester groups is 1. The molecule has 0 heterocycles. The highest BCUT2D eigenvalue weighted by molar-refractivity contribution is 7.47. The number of rotatable bonds is 9. The lowest BCUT2D eigenvalue weighted by Gasteiger charge is -2.19. The van der Waals surface area contributed by atoms with Gasteiger partial charge in [0.1, 0.15) is 0 Å². The monoisotopic (exact) mass is 280 g/mol. The Morgan fingerprint density at radius 1 is 1.44 bits per heavy atom. The van der Waals surface area contributed by atoms with Gasteiger partial charge in [-0.3, -0.25) is 4.52 Å². The summed E-state index contributed by atoms with van der Waals surface area (Å²) in [4.78, 5) is 20.6. The van der Waals surface area contributed by atoms with Gasteiger partial charge in [-0.2, -0.15) is 0 Å². The lowest BCUT2D eigenvalue weighted by atomic mass is 10.3. The van der Waals surface area contributed by atoms with Gasteiger partial charge in [-0.05, 0) is 13.3 Å². The Morgan fingerprint density at radius 2 is 2.06 bits per heavy atom. The molecule has 0 spiro atoms. The Morgan fingerprint density at radius 3 is 2.50 bits per heavy atom. The van der Waals surface area contributed by atoms with Crippen LogP contribution in [-0.2, 0) is 23.1 Å². The largest absolute Gasteiger partial charge is 0.475 e. The Balaban J connectivity index is 4.29. The third kappa shape index (κ3) is 7.61. The average Bonchev–Trinajstić information content (AvgIpc) is 2.27. The standard InChI is InChI=1S/C11H21O6P/c1-5-7-8-15-18(13,14)17-10(6-2)16-11(12)9(3)4/h10H,3,5-8H2,1-2,4H3,(H,13,14). The zero-order valence-corrected chi connectivity index (χ0v) is 11.9. The van der Waals surface area contributed by atoms with Gasteiger partial charge in [-0.25, -0.2) is 13.9 Å². The second-order valence-electron chi connectivity index (χ2n) is 3.78. The Hall–Kier alpha value is -0.680. The van der Waals surface area contributed by atoms with Crippen molar-refractivity contribution >= 4 is 13.8 Å². The molecular weight excluding hydrogens is 259 g/mol. The molecular formula is C11H21O6P. The van der Waals surface area contributed by atoms with Crippen LogP contribution in [0.1, 0.15) is 40.0 Å². The Labute approximate surface area is 108 Å². The van der Waals surface area contributed by atoms with Crippen molar-refractivity contribution in [3.8, 4) is 0 Å². The molecule has 0 bridgehead atoms. The molecule has 0 saturated heterocycles. The average molecular weight is 280 g/mol. The summed E-state index contributed by atoms with van der Waals surface area (Å²) in [6, 6.07) is 0. The van der Waals surface area contributed by atoms with Gasteiger partial charge in [-0.15, -0.1) is 0 Å². The number of phosphoric acid groups is 1. The summed E-state index contributed by atoms with van der Waals surface area (Å²) in [5, 5.41) is 0. The van der Waals surface area contributed by atoms with Crippen LogP contribution >= 0.6 is 7.82 Å². The van der Waals surface area contributed by atoms with Crippen molar-refractivity contribution in [3.63, 3.8) is 0 Å². The third-order valence-electron chi connectivity index (χ3n) is 1.92. The second kappa shape index (κ2) is 8.43. The van der Waals surface area contributed by atoms with Crippen molar-refractivity contribution < 1.29 is 28.0 Å². The van der Waals surface area contributed by atoms with Gasteiger partial charge < -0.3 is 9.63 Å². The van der Waals surface area contributed by atoms with Crippen LogP contribution in [0.3, 0.4) is 0 Å². The summed E-state index contributed by atoms with van der Waals surface area (Å²) in [6.07, 6.45) is 0.602. The molecule has 0 rings (SSSR count). The molecule has 18 heavy (non-hydrogen) atoms. The molecule has 7 heteroatoms. The van der Waals surface area contributed by atoms with E-state index < -0.39 is 20.1 Å². The van der Waals surface area contributed by atoms with Crippen LogP contribution in [0.4, 0.5) is 0 Å². The summed E-state index contributed by atoms with van der Waals surface area (Å²) in [5.41, 5.74) is 0.191. The van der Waals surface area contributed by atoms with Crippen molar-refractivity contribution in [1.29, 1.82) is 0 Å². The van der Waals surface area contributed by atoms with E-state index in [4.69, 9.17) is 13.8 Å². The highest BCUT2D eigenvalue weighted by Crippen LogP contribution is 2.45. The van der Waals surface area contributed by atoms with E-state index in [9.17, 15) is 14.3 Å². The van der Waals surface area contributed by atoms with E-state index in [1.807, 2.05) is 6.92 Å². The maximum atomic E-state index is 11.5. The van der Waals surface area contributed by atoms with Crippen LogP contribution < -0.4 is 0 Å². The first-order valence-corrected chi connectivity index (χ1v) is 7.34. The number of unbranched alkanes of at least 4 members (excludes halogenated alkanes) is 1. The van der Waals surface area contributed by atoms with E-state index in [0.717, 1.165) is 6.42 Å². The molecule has 6 nitrogen and oxygen atoms in total. The van der Waals surface area contributed by atoms with Gasteiger partial charge in [0.25, 0.3) is 0 Å². The third-order valence-corrected chi connectivity index (χ3v) is 2.93. The molecule has 1 N–H and O–H groups in total. The van der Waals surface area contributed by atoms with Crippen LogP contribution in [0.15, 0.2) is 12.2 Å². The SMILES string of the molecule is C=C(C)C(=O)OC(CC)OP(=O)(O)OCCCC. The minimum absolute atomic E-state index is 0.120. The fourth-order valence-corrected chi connectivity index (χ4v) is 1.81. The number of carbonyl (C=O) groups excluding carboxylic acids is 1. The van der Waals surface area contributed by atoms with Crippen LogP contribution in [0.2, 0.25) is 0 Å². The molecule has 0 aromatic rings. The molecule has 0 amide bonds. The number of ether oxygens (including phenoxy) is 1. The van der Waals surface area contributed by atoms with Crippen LogP contribution in [-0.4, -0.2) is 23.8 Å². The molecule has 2 unspecified atom stereocenters. The predicted octanol–water partition coefficient (Wildman–Crippen LogP) is 2.78. The van der Waals surface area contributed by atoms with Crippen LogP contribution in [0.25, 0.3) is 0 Å². The van der Waals surface area contributed by atoms with Gasteiger partial charge in [-0.1, -0.05) is 26.8 Å². The van der Waals surface area contributed by atoms with Crippen LogP contribution in [0, 0.1) is 0 Å². The van der Waals surface area contributed by atoms with Gasteiger partial charge >= 0.3 is 13.8 Å². The smallest absolute Gasteiger partial charge is 0.432 e. The first-order valence-electron chi connectivity index (χ1n) is 5.84. The maximum absolute atomic E-state index is 11.5. The van der Waals surface area contributed by atoms with Gasteiger partial charge in [0.05, 0.1) is 6.61 Å². The van der Waals surface area contributed by atoms with Crippen molar-refractivity contribution in [3.05, 3.63) is 12.2 Å². The summed E-state index contributed by atoms with van der Waals surface area (Å²) >= 11 is 0. The quantitative estimate of drug-likeness (QED) is 0.230. The lowest BCUT2D eigenvalue weighted by Crippen LogP contribution is -2.20.